The number of carbonyl (C=O) groups is 1. The number of carbonyl (C=O) groups excluding carboxylic acids is 1. The van der Waals surface area contributed by atoms with Gasteiger partial charge in [0, 0.05) is 7.05 Å². The Morgan fingerprint density at radius 1 is 1.47 bits per heavy atom. The van der Waals surface area contributed by atoms with Gasteiger partial charge in [0.1, 0.15) is 6.54 Å². The molecule has 1 amide bonds. The highest BCUT2D eigenvalue weighted by Gasteiger charge is 2.34. The molecule has 1 aliphatic rings. The molecule has 0 bridgehead atoms. The highest BCUT2D eigenvalue weighted by atomic mass is 19.4. The van der Waals surface area contributed by atoms with Crippen LogP contribution in [0.5, 0.6) is 0 Å². The van der Waals surface area contributed by atoms with Crippen molar-refractivity contribution in [2.24, 2.45) is 5.92 Å². The number of nitrogens with one attached hydrogen (secondary N) is 1. The molecule has 0 spiro atoms. The fraction of sp³-hybridized carbons (Fsp3) is 0.909. The number of piperidine rings is 1. The standard InChI is InChI=1S/C11H19F3N2O/c1-3-8-4-5-15-9(6-8)10(17)16(2)7-11(12,13)14/h8-9,15H,3-7H2,1-2H3. The van der Waals surface area contributed by atoms with Crippen LogP contribution in [0, 0.1) is 5.92 Å². The molecule has 0 radical (unpaired) electrons. The summed E-state index contributed by atoms with van der Waals surface area (Å²) in [4.78, 5) is 12.6. The zero-order valence-electron chi connectivity index (χ0n) is 10.2. The van der Waals surface area contributed by atoms with Gasteiger partial charge in [-0.05, 0) is 25.3 Å². The number of alkyl halides is 3. The first-order valence-electron chi connectivity index (χ1n) is 5.88. The van der Waals surface area contributed by atoms with Gasteiger partial charge in [0.05, 0.1) is 6.04 Å². The molecule has 2 unspecified atom stereocenters. The average molecular weight is 252 g/mol. The summed E-state index contributed by atoms with van der Waals surface area (Å²) in [7, 11) is 1.20. The highest BCUT2D eigenvalue weighted by molar-refractivity contribution is 5.81. The van der Waals surface area contributed by atoms with Crippen LogP contribution in [0.1, 0.15) is 26.2 Å². The van der Waals surface area contributed by atoms with Gasteiger partial charge in [-0.1, -0.05) is 13.3 Å². The summed E-state index contributed by atoms with van der Waals surface area (Å²) in [5.74, 6) is -0.0232. The third-order valence-corrected chi connectivity index (χ3v) is 3.18. The van der Waals surface area contributed by atoms with Crippen molar-refractivity contribution in [2.45, 2.75) is 38.4 Å². The van der Waals surface area contributed by atoms with Crippen LogP contribution >= 0.6 is 0 Å². The topological polar surface area (TPSA) is 32.3 Å². The molecule has 3 nitrogen and oxygen atoms in total. The molecule has 1 rings (SSSR count). The summed E-state index contributed by atoms with van der Waals surface area (Å²) >= 11 is 0. The molecule has 1 saturated heterocycles. The van der Waals surface area contributed by atoms with Crippen LogP contribution in [0.2, 0.25) is 0 Å². The van der Waals surface area contributed by atoms with E-state index in [1.807, 2.05) is 6.92 Å². The van der Waals surface area contributed by atoms with Gasteiger partial charge >= 0.3 is 6.18 Å². The smallest absolute Gasteiger partial charge is 0.335 e. The lowest BCUT2D eigenvalue weighted by molar-refractivity contribution is -0.160. The molecule has 17 heavy (non-hydrogen) atoms. The minimum atomic E-state index is -4.33. The molecular formula is C11H19F3N2O. The molecule has 6 heteroatoms. The van der Waals surface area contributed by atoms with Crippen LogP contribution in [-0.4, -0.2) is 43.2 Å². The molecule has 1 fully saturated rings. The molecular weight excluding hydrogens is 233 g/mol. The minimum absolute atomic E-state index is 0.435. The molecule has 0 aromatic rings. The summed E-state index contributed by atoms with van der Waals surface area (Å²) in [5, 5.41) is 2.99. The van der Waals surface area contributed by atoms with Gasteiger partial charge in [0.2, 0.25) is 5.91 Å². The Morgan fingerprint density at radius 3 is 2.65 bits per heavy atom. The SMILES string of the molecule is CCC1CCNC(C(=O)N(C)CC(F)(F)F)C1. The van der Waals surface area contributed by atoms with E-state index < -0.39 is 24.7 Å². The molecule has 0 aromatic heterocycles. The Hall–Kier alpha value is -0.780. The first kappa shape index (κ1) is 14.3. The second-order valence-electron chi connectivity index (χ2n) is 4.61. The van der Waals surface area contributed by atoms with Gasteiger partial charge in [-0.15, -0.1) is 0 Å². The fourth-order valence-corrected chi connectivity index (χ4v) is 2.17. The third kappa shape index (κ3) is 4.53. The zero-order valence-corrected chi connectivity index (χ0v) is 10.2. The van der Waals surface area contributed by atoms with E-state index in [4.69, 9.17) is 0 Å². The van der Waals surface area contributed by atoms with Gasteiger partial charge in [-0.2, -0.15) is 13.2 Å². The molecule has 0 saturated carbocycles. The van der Waals surface area contributed by atoms with Crippen molar-refractivity contribution in [1.29, 1.82) is 0 Å². The van der Waals surface area contributed by atoms with E-state index in [1.54, 1.807) is 0 Å². The van der Waals surface area contributed by atoms with E-state index in [0.29, 0.717) is 18.9 Å². The Bertz CT molecular complexity index is 268. The maximum atomic E-state index is 12.2. The van der Waals surface area contributed by atoms with E-state index in [9.17, 15) is 18.0 Å². The van der Waals surface area contributed by atoms with Gasteiger partial charge in [-0.25, -0.2) is 0 Å². The first-order chi connectivity index (χ1) is 7.83. The number of amides is 1. The van der Waals surface area contributed by atoms with Crippen molar-refractivity contribution < 1.29 is 18.0 Å². The van der Waals surface area contributed by atoms with Crippen LogP contribution in [0.15, 0.2) is 0 Å². The lowest BCUT2D eigenvalue weighted by Crippen LogP contribution is -2.50. The second kappa shape index (κ2) is 5.71. The Labute approximate surface area is 99.4 Å². The fourth-order valence-electron chi connectivity index (χ4n) is 2.17. The van der Waals surface area contributed by atoms with Crippen molar-refractivity contribution in [3.05, 3.63) is 0 Å². The maximum Gasteiger partial charge on any atom is 0.406 e. The lowest BCUT2D eigenvalue weighted by Gasteiger charge is -2.31. The second-order valence-corrected chi connectivity index (χ2v) is 4.61. The predicted octanol–water partition coefficient (Wildman–Crippen LogP) is 1.79. The third-order valence-electron chi connectivity index (χ3n) is 3.18. The van der Waals surface area contributed by atoms with Crippen LogP contribution in [0.3, 0.4) is 0 Å². The quantitative estimate of drug-likeness (QED) is 0.830. The summed E-state index contributed by atoms with van der Waals surface area (Å²) in [5.41, 5.74) is 0. The molecule has 0 aliphatic carbocycles. The van der Waals surface area contributed by atoms with E-state index in [1.165, 1.54) is 7.05 Å². The Morgan fingerprint density at radius 2 is 2.12 bits per heavy atom. The monoisotopic (exact) mass is 252 g/mol. The normalized spacial score (nSPS) is 25.7. The van der Waals surface area contributed by atoms with E-state index >= 15 is 0 Å². The van der Waals surface area contributed by atoms with Crippen LogP contribution in [0.25, 0.3) is 0 Å². The molecule has 1 heterocycles. The molecule has 1 aliphatic heterocycles. The largest absolute Gasteiger partial charge is 0.406 e. The van der Waals surface area contributed by atoms with Crippen molar-refractivity contribution in [3.63, 3.8) is 0 Å². The van der Waals surface area contributed by atoms with E-state index in [0.717, 1.165) is 17.7 Å². The van der Waals surface area contributed by atoms with Crippen molar-refractivity contribution in [2.75, 3.05) is 20.1 Å². The van der Waals surface area contributed by atoms with Gasteiger partial charge in [0.25, 0.3) is 0 Å². The zero-order chi connectivity index (χ0) is 13.1. The number of likely N-dealkylation sites (N-methyl/N-ethyl adjacent to an activating group) is 1. The van der Waals surface area contributed by atoms with Crippen LogP contribution in [0.4, 0.5) is 13.2 Å². The van der Waals surface area contributed by atoms with Crippen molar-refractivity contribution in [1.82, 2.24) is 10.2 Å². The van der Waals surface area contributed by atoms with Crippen molar-refractivity contribution in [3.8, 4) is 0 Å². The number of hydrogen-bond donors (Lipinski definition) is 1. The summed E-state index contributed by atoms with van der Waals surface area (Å²) in [6.45, 7) is 1.56. The minimum Gasteiger partial charge on any atom is -0.335 e. The summed E-state index contributed by atoms with van der Waals surface area (Å²) in [6.07, 6.45) is -1.74. The van der Waals surface area contributed by atoms with Crippen LogP contribution in [-0.2, 0) is 4.79 Å². The number of nitrogens with zero attached hydrogens (tertiary/aromatic N) is 1. The van der Waals surface area contributed by atoms with Crippen molar-refractivity contribution >= 4 is 5.91 Å². The highest BCUT2D eigenvalue weighted by Crippen LogP contribution is 2.21. The number of halogens is 3. The predicted molar refractivity (Wildman–Crippen MR) is 58.5 cm³/mol. The summed E-state index contributed by atoms with van der Waals surface area (Å²) in [6, 6.07) is -0.457. The lowest BCUT2D eigenvalue weighted by atomic mass is 9.90. The molecule has 0 aromatic carbocycles. The molecule has 1 N–H and O–H groups in total. The average Bonchev–Trinajstić information content (AvgIpc) is 2.26. The van der Waals surface area contributed by atoms with Gasteiger partial charge in [0.15, 0.2) is 0 Å². The molecule has 100 valence electrons. The Kier molecular flexibility index (Phi) is 4.80. The van der Waals surface area contributed by atoms with Crippen LogP contribution < -0.4 is 5.32 Å². The summed E-state index contributed by atoms with van der Waals surface area (Å²) < 4.78 is 36.5. The number of rotatable bonds is 3. The van der Waals surface area contributed by atoms with E-state index in [-0.39, 0.29) is 0 Å². The van der Waals surface area contributed by atoms with Gasteiger partial charge < -0.3 is 10.2 Å². The maximum absolute atomic E-state index is 12.2. The van der Waals surface area contributed by atoms with Gasteiger partial charge in [-0.3, -0.25) is 4.79 Å². The molecule has 2 atom stereocenters. The first-order valence-corrected chi connectivity index (χ1v) is 5.88. The Balaban J connectivity index is 2.51. The number of hydrogen-bond acceptors (Lipinski definition) is 2. The van der Waals surface area contributed by atoms with E-state index in [2.05, 4.69) is 5.32 Å².